The van der Waals surface area contributed by atoms with Crippen molar-refractivity contribution in [3.63, 3.8) is 0 Å². The van der Waals surface area contributed by atoms with Crippen LogP contribution >= 0.6 is 0 Å². The first-order valence-corrected chi connectivity index (χ1v) is 6.64. The van der Waals surface area contributed by atoms with Gasteiger partial charge in [0.15, 0.2) is 0 Å². The van der Waals surface area contributed by atoms with E-state index in [1.807, 2.05) is 0 Å². The smallest absolute Gasteiger partial charge is 0.0593 e. The maximum absolute atomic E-state index is 5.62. The SMILES string of the molecule is CC(C)(CCN)CCCN1CCCOCC1. The molecule has 0 unspecified atom stereocenters. The van der Waals surface area contributed by atoms with Gasteiger partial charge in [-0.3, -0.25) is 0 Å². The average Bonchev–Trinajstić information content (AvgIpc) is 2.46. The van der Waals surface area contributed by atoms with E-state index in [0.717, 1.165) is 32.7 Å². The van der Waals surface area contributed by atoms with Gasteiger partial charge in [0.1, 0.15) is 0 Å². The van der Waals surface area contributed by atoms with Crippen molar-refractivity contribution in [3.8, 4) is 0 Å². The molecule has 0 spiro atoms. The molecule has 0 atom stereocenters. The Balaban J connectivity index is 2.13. The quantitative estimate of drug-likeness (QED) is 0.754. The number of ether oxygens (including phenoxy) is 1. The highest BCUT2D eigenvalue weighted by Gasteiger charge is 2.17. The fraction of sp³-hybridized carbons (Fsp3) is 1.00. The predicted octanol–water partition coefficient (Wildman–Crippen LogP) is 1.86. The van der Waals surface area contributed by atoms with Crippen LogP contribution in [0, 0.1) is 5.41 Å². The Morgan fingerprint density at radius 1 is 1.19 bits per heavy atom. The molecule has 0 bridgehead atoms. The van der Waals surface area contributed by atoms with Crippen LogP contribution in [-0.2, 0) is 4.74 Å². The standard InChI is InChI=1S/C13H28N2O/c1-13(2,6-7-14)5-3-8-15-9-4-11-16-12-10-15/h3-12,14H2,1-2H3. The fourth-order valence-corrected chi connectivity index (χ4v) is 2.32. The zero-order valence-corrected chi connectivity index (χ0v) is 11.0. The van der Waals surface area contributed by atoms with E-state index in [1.54, 1.807) is 0 Å². The number of hydrogen-bond donors (Lipinski definition) is 1. The number of hydrogen-bond acceptors (Lipinski definition) is 3. The van der Waals surface area contributed by atoms with Gasteiger partial charge in [-0.25, -0.2) is 0 Å². The van der Waals surface area contributed by atoms with Crippen LogP contribution in [-0.4, -0.2) is 44.3 Å². The second kappa shape index (κ2) is 7.25. The largest absolute Gasteiger partial charge is 0.380 e. The van der Waals surface area contributed by atoms with Crippen molar-refractivity contribution in [3.05, 3.63) is 0 Å². The first-order valence-electron chi connectivity index (χ1n) is 6.64. The Morgan fingerprint density at radius 3 is 2.75 bits per heavy atom. The monoisotopic (exact) mass is 228 g/mol. The van der Waals surface area contributed by atoms with Crippen molar-refractivity contribution in [1.82, 2.24) is 4.90 Å². The highest BCUT2D eigenvalue weighted by atomic mass is 16.5. The average molecular weight is 228 g/mol. The summed E-state index contributed by atoms with van der Waals surface area (Å²) in [7, 11) is 0. The molecule has 0 aliphatic carbocycles. The molecule has 3 heteroatoms. The molecule has 0 amide bonds. The van der Waals surface area contributed by atoms with E-state index < -0.39 is 0 Å². The highest BCUT2D eigenvalue weighted by Crippen LogP contribution is 2.25. The van der Waals surface area contributed by atoms with Gasteiger partial charge < -0.3 is 15.4 Å². The minimum absolute atomic E-state index is 0.414. The molecule has 0 radical (unpaired) electrons. The number of rotatable bonds is 6. The van der Waals surface area contributed by atoms with Gasteiger partial charge in [-0.2, -0.15) is 0 Å². The van der Waals surface area contributed by atoms with E-state index in [1.165, 1.54) is 32.4 Å². The molecular formula is C13H28N2O. The topological polar surface area (TPSA) is 38.5 Å². The lowest BCUT2D eigenvalue weighted by atomic mass is 9.84. The summed E-state index contributed by atoms with van der Waals surface area (Å²) < 4.78 is 5.45. The zero-order valence-electron chi connectivity index (χ0n) is 11.0. The second-order valence-corrected chi connectivity index (χ2v) is 5.61. The first kappa shape index (κ1) is 13.9. The Labute approximate surface area is 100 Å². The van der Waals surface area contributed by atoms with Crippen molar-refractivity contribution >= 4 is 0 Å². The normalized spacial score (nSPS) is 19.7. The van der Waals surface area contributed by atoms with Crippen molar-refractivity contribution in [1.29, 1.82) is 0 Å². The van der Waals surface area contributed by atoms with E-state index in [-0.39, 0.29) is 0 Å². The second-order valence-electron chi connectivity index (χ2n) is 5.61. The molecule has 1 rings (SSSR count). The third-order valence-electron chi connectivity index (χ3n) is 3.46. The Morgan fingerprint density at radius 2 is 2.00 bits per heavy atom. The van der Waals surface area contributed by atoms with E-state index in [2.05, 4.69) is 18.7 Å². The molecule has 16 heavy (non-hydrogen) atoms. The molecule has 2 N–H and O–H groups in total. The zero-order chi connectivity index (χ0) is 11.9. The Bertz CT molecular complexity index is 175. The van der Waals surface area contributed by atoms with E-state index >= 15 is 0 Å². The van der Waals surface area contributed by atoms with Gasteiger partial charge in [0.25, 0.3) is 0 Å². The van der Waals surface area contributed by atoms with Gasteiger partial charge in [0.05, 0.1) is 6.61 Å². The van der Waals surface area contributed by atoms with E-state index in [0.29, 0.717) is 5.41 Å². The highest BCUT2D eigenvalue weighted by molar-refractivity contribution is 4.70. The van der Waals surface area contributed by atoms with Crippen molar-refractivity contribution in [2.45, 2.75) is 39.5 Å². The molecule has 3 nitrogen and oxygen atoms in total. The summed E-state index contributed by atoms with van der Waals surface area (Å²) in [6, 6.07) is 0. The van der Waals surface area contributed by atoms with Crippen LogP contribution < -0.4 is 5.73 Å². The molecule has 1 aliphatic heterocycles. The molecule has 1 saturated heterocycles. The lowest BCUT2D eigenvalue weighted by Crippen LogP contribution is -2.28. The van der Waals surface area contributed by atoms with Crippen LogP contribution in [0.1, 0.15) is 39.5 Å². The summed E-state index contributed by atoms with van der Waals surface area (Å²) in [6.07, 6.45) is 4.89. The summed E-state index contributed by atoms with van der Waals surface area (Å²) in [6.45, 7) is 10.8. The molecule has 0 aromatic rings. The van der Waals surface area contributed by atoms with Crippen molar-refractivity contribution in [2.75, 3.05) is 39.4 Å². The van der Waals surface area contributed by atoms with Crippen molar-refractivity contribution in [2.24, 2.45) is 11.1 Å². The summed E-state index contributed by atoms with van der Waals surface area (Å²) in [5.41, 5.74) is 6.04. The van der Waals surface area contributed by atoms with Crippen molar-refractivity contribution < 1.29 is 4.74 Å². The molecule has 0 aromatic heterocycles. The minimum atomic E-state index is 0.414. The molecule has 1 aliphatic rings. The fourth-order valence-electron chi connectivity index (χ4n) is 2.32. The summed E-state index contributed by atoms with van der Waals surface area (Å²) >= 11 is 0. The Hall–Kier alpha value is -0.120. The third kappa shape index (κ3) is 5.83. The molecule has 0 saturated carbocycles. The maximum atomic E-state index is 5.62. The van der Waals surface area contributed by atoms with Crippen LogP contribution in [0.2, 0.25) is 0 Å². The predicted molar refractivity (Wildman–Crippen MR) is 68.6 cm³/mol. The van der Waals surface area contributed by atoms with Gasteiger partial charge in [-0.15, -0.1) is 0 Å². The molecule has 1 heterocycles. The Kier molecular flexibility index (Phi) is 6.32. The number of nitrogens with zero attached hydrogens (tertiary/aromatic N) is 1. The lowest BCUT2D eigenvalue weighted by Gasteiger charge is -2.26. The van der Waals surface area contributed by atoms with E-state index in [9.17, 15) is 0 Å². The van der Waals surface area contributed by atoms with Gasteiger partial charge in [-0.1, -0.05) is 13.8 Å². The van der Waals surface area contributed by atoms with Gasteiger partial charge >= 0.3 is 0 Å². The van der Waals surface area contributed by atoms with Gasteiger partial charge in [0, 0.05) is 19.7 Å². The molecular weight excluding hydrogens is 200 g/mol. The van der Waals surface area contributed by atoms with Crippen LogP contribution in [0.25, 0.3) is 0 Å². The minimum Gasteiger partial charge on any atom is -0.380 e. The molecule has 1 fully saturated rings. The molecule has 0 aromatic carbocycles. The van der Waals surface area contributed by atoms with Crippen LogP contribution in [0.4, 0.5) is 0 Å². The first-order chi connectivity index (χ1) is 7.64. The van der Waals surface area contributed by atoms with Gasteiger partial charge in [-0.05, 0) is 44.2 Å². The lowest BCUT2D eigenvalue weighted by molar-refractivity contribution is 0.140. The van der Waals surface area contributed by atoms with Crippen LogP contribution in [0.5, 0.6) is 0 Å². The van der Waals surface area contributed by atoms with E-state index in [4.69, 9.17) is 10.5 Å². The van der Waals surface area contributed by atoms with Gasteiger partial charge in [0.2, 0.25) is 0 Å². The summed E-state index contributed by atoms with van der Waals surface area (Å²) in [5.74, 6) is 0. The summed E-state index contributed by atoms with van der Waals surface area (Å²) in [4.78, 5) is 2.53. The van der Waals surface area contributed by atoms with Crippen LogP contribution in [0.3, 0.4) is 0 Å². The molecule has 96 valence electrons. The summed E-state index contributed by atoms with van der Waals surface area (Å²) in [5, 5.41) is 0. The number of nitrogens with two attached hydrogens (primary N) is 1. The maximum Gasteiger partial charge on any atom is 0.0593 e. The third-order valence-corrected chi connectivity index (χ3v) is 3.46. The van der Waals surface area contributed by atoms with Crippen LogP contribution in [0.15, 0.2) is 0 Å².